The van der Waals surface area contributed by atoms with Crippen molar-refractivity contribution in [1.82, 2.24) is 0 Å². The van der Waals surface area contributed by atoms with Gasteiger partial charge in [0.15, 0.2) is 5.75 Å². The zero-order valence-electron chi connectivity index (χ0n) is 13.2. The summed E-state index contributed by atoms with van der Waals surface area (Å²) < 4.78 is 11.1. The number of nitrogens with zero attached hydrogens (tertiary/aromatic N) is 1. The number of hydrogen-bond acceptors (Lipinski definition) is 4. The summed E-state index contributed by atoms with van der Waals surface area (Å²) in [4.78, 5) is 12.1. The predicted molar refractivity (Wildman–Crippen MR) is 83.6 cm³/mol. The lowest BCUT2D eigenvalue weighted by Crippen LogP contribution is -3.13. The topological polar surface area (TPSA) is 66.0 Å². The van der Waals surface area contributed by atoms with Gasteiger partial charge < -0.3 is 14.4 Å². The second-order valence-corrected chi connectivity index (χ2v) is 5.75. The van der Waals surface area contributed by atoms with Crippen LogP contribution in [0.15, 0.2) is 18.2 Å². The molecule has 1 aromatic carbocycles. The third-order valence-corrected chi connectivity index (χ3v) is 3.96. The molecule has 1 aliphatic rings. The van der Waals surface area contributed by atoms with Crippen molar-refractivity contribution in [3.05, 3.63) is 33.9 Å². The van der Waals surface area contributed by atoms with Gasteiger partial charge in [-0.05, 0) is 37.8 Å². The Kier molecular flexibility index (Phi) is 6.61. The Morgan fingerprint density at radius 3 is 2.68 bits per heavy atom. The van der Waals surface area contributed by atoms with Gasteiger partial charge in [-0.25, -0.2) is 0 Å². The lowest BCUT2D eigenvalue weighted by molar-refractivity contribution is -0.905. The molecular weight excluding hydrogens is 284 g/mol. The van der Waals surface area contributed by atoms with Crippen LogP contribution in [0, 0.1) is 17.0 Å². The van der Waals surface area contributed by atoms with Gasteiger partial charge in [0, 0.05) is 6.07 Å². The number of benzene rings is 1. The minimum Gasteiger partial charge on any atom is -0.484 e. The first-order chi connectivity index (χ1) is 10.7. The molecule has 1 saturated heterocycles. The molecule has 0 amide bonds. The Labute approximate surface area is 131 Å². The number of likely N-dealkylation sites (tertiary alicyclic amines) is 1. The van der Waals surface area contributed by atoms with E-state index in [-0.39, 0.29) is 5.69 Å². The van der Waals surface area contributed by atoms with Crippen LogP contribution in [0.5, 0.6) is 5.75 Å². The number of piperidine rings is 1. The molecule has 0 atom stereocenters. The number of nitro groups is 1. The Hall–Kier alpha value is -1.66. The molecule has 122 valence electrons. The number of hydrogen-bond donors (Lipinski definition) is 1. The van der Waals surface area contributed by atoms with E-state index >= 15 is 0 Å². The normalized spacial score (nSPS) is 15.7. The van der Waals surface area contributed by atoms with Crippen LogP contribution in [0.25, 0.3) is 0 Å². The van der Waals surface area contributed by atoms with Crippen molar-refractivity contribution in [2.24, 2.45) is 0 Å². The molecule has 1 aromatic rings. The van der Waals surface area contributed by atoms with Gasteiger partial charge in [-0.1, -0.05) is 6.07 Å². The molecule has 22 heavy (non-hydrogen) atoms. The monoisotopic (exact) mass is 309 g/mol. The molecule has 1 fully saturated rings. The summed E-state index contributed by atoms with van der Waals surface area (Å²) in [5.74, 6) is 0.315. The molecule has 2 rings (SSSR count). The standard InChI is InChI=1S/C16H24N2O4/c1-14-5-6-15(18(19)20)16(13-14)22-12-11-21-10-9-17-7-3-2-4-8-17/h5-6,13H,2-4,7-12H2,1H3/p+1. The van der Waals surface area contributed by atoms with Gasteiger partial charge in [0.05, 0.1) is 31.2 Å². The first-order valence-electron chi connectivity index (χ1n) is 7.96. The quantitative estimate of drug-likeness (QED) is 0.447. The average molecular weight is 309 g/mol. The minimum atomic E-state index is -0.421. The van der Waals surface area contributed by atoms with E-state index in [4.69, 9.17) is 9.47 Å². The van der Waals surface area contributed by atoms with Crippen molar-refractivity contribution < 1.29 is 19.3 Å². The van der Waals surface area contributed by atoms with Crippen LogP contribution in [0.4, 0.5) is 5.69 Å². The average Bonchev–Trinajstić information content (AvgIpc) is 2.51. The Balaban J connectivity index is 1.66. The van der Waals surface area contributed by atoms with Crippen LogP contribution in [0.1, 0.15) is 24.8 Å². The molecule has 0 radical (unpaired) electrons. The van der Waals surface area contributed by atoms with Crippen molar-refractivity contribution in [1.29, 1.82) is 0 Å². The highest BCUT2D eigenvalue weighted by Gasteiger charge is 2.15. The summed E-state index contributed by atoms with van der Waals surface area (Å²) in [5, 5.41) is 10.9. The van der Waals surface area contributed by atoms with Crippen molar-refractivity contribution in [2.75, 3.05) is 39.5 Å². The molecule has 0 saturated carbocycles. The zero-order valence-corrected chi connectivity index (χ0v) is 13.2. The van der Waals surface area contributed by atoms with E-state index in [0.717, 1.165) is 12.1 Å². The largest absolute Gasteiger partial charge is 0.484 e. The molecule has 1 aliphatic heterocycles. The second-order valence-electron chi connectivity index (χ2n) is 5.75. The Morgan fingerprint density at radius 2 is 1.95 bits per heavy atom. The third-order valence-electron chi connectivity index (χ3n) is 3.96. The van der Waals surface area contributed by atoms with Crippen LogP contribution in [-0.2, 0) is 4.74 Å². The second kappa shape index (κ2) is 8.70. The van der Waals surface area contributed by atoms with Crippen LogP contribution >= 0.6 is 0 Å². The Bertz CT molecular complexity index is 487. The molecule has 0 unspecified atom stereocenters. The van der Waals surface area contributed by atoms with E-state index in [1.165, 1.54) is 38.4 Å². The molecule has 0 bridgehead atoms. The third kappa shape index (κ3) is 5.27. The van der Waals surface area contributed by atoms with Crippen molar-refractivity contribution in [3.63, 3.8) is 0 Å². The maximum atomic E-state index is 10.9. The number of nitro benzene ring substituents is 1. The van der Waals surface area contributed by atoms with Crippen LogP contribution in [0.2, 0.25) is 0 Å². The van der Waals surface area contributed by atoms with Gasteiger partial charge in [-0.15, -0.1) is 0 Å². The first kappa shape index (κ1) is 16.7. The first-order valence-corrected chi connectivity index (χ1v) is 7.96. The number of aryl methyl sites for hydroxylation is 1. The fraction of sp³-hybridized carbons (Fsp3) is 0.625. The summed E-state index contributed by atoms with van der Waals surface area (Å²) in [7, 11) is 0. The molecule has 6 heteroatoms. The van der Waals surface area contributed by atoms with Crippen molar-refractivity contribution in [3.8, 4) is 5.75 Å². The highest BCUT2D eigenvalue weighted by molar-refractivity contribution is 5.48. The van der Waals surface area contributed by atoms with Gasteiger partial charge in [0.1, 0.15) is 13.2 Å². The van der Waals surface area contributed by atoms with Crippen molar-refractivity contribution >= 4 is 5.69 Å². The van der Waals surface area contributed by atoms with Crippen LogP contribution < -0.4 is 9.64 Å². The number of ether oxygens (including phenoxy) is 2. The number of rotatable bonds is 8. The van der Waals surface area contributed by atoms with Gasteiger partial charge >= 0.3 is 5.69 Å². The molecule has 0 aromatic heterocycles. The molecule has 1 heterocycles. The molecule has 0 aliphatic carbocycles. The minimum absolute atomic E-state index is 0.00311. The summed E-state index contributed by atoms with van der Waals surface area (Å²) in [6.07, 6.45) is 3.98. The van der Waals surface area contributed by atoms with E-state index in [0.29, 0.717) is 25.6 Å². The van der Waals surface area contributed by atoms with Gasteiger partial charge in [-0.2, -0.15) is 0 Å². The fourth-order valence-corrected chi connectivity index (χ4v) is 2.72. The number of quaternary nitrogens is 1. The molecule has 6 nitrogen and oxygen atoms in total. The zero-order chi connectivity index (χ0) is 15.8. The molecule has 0 spiro atoms. The van der Waals surface area contributed by atoms with E-state index in [1.54, 1.807) is 17.0 Å². The highest BCUT2D eigenvalue weighted by atomic mass is 16.6. The lowest BCUT2D eigenvalue weighted by Gasteiger charge is -2.23. The lowest BCUT2D eigenvalue weighted by atomic mass is 10.1. The van der Waals surface area contributed by atoms with E-state index in [2.05, 4.69) is 0 Å². The number of nitrogens with one attached hydrogen (secondary N) is 1. The van der Waals surface area contributed by atoms with Gasteiger partial charge in [0.25, 0.3) is 0 Å². The van der Waals surface area contributed by atoms with E-state index in [1.807, 2.05) is 6.92 Å². The summed E-state index contributed by atoms with van der Waals surface area (Å²) >= 11 is 0. The predicted octanol–water partition coefficient (Wildman–Crippen LogP) is 1.37. The van der Waals surface area contributed by atoms with E-state index < -0.39 is 4.92 Å². The van der Waals surface area contributed by atoms with Crippen molar-refractivity contribution in [2.45, 2.75) is 26.2 Å². The summed E-state index contributed by atoms with van der Waals surface area (Å²) in [6.45, 7) is 6.91. The SMILES string of the molecule is Cc1ccc([N+](=O)[O-])c(OCCOCC[NH+]2CCCCC2)c1. The molecular formula is C16H25N2O4+. The molecule has 1 N–H and O–H groups in total. The van der Waals surface area contributed by atoms with Gasteiger partial charge in [-0.3, -0.25) is 10.1 Å². The smallest absolute Gasteiger partial charge is 0.310 e. The van der Waals surface area contributed by atoms with Gasteiger partial charge in [0.2, 0.25) is 0 Å². The highest BCUT2D eigenvalue weighted by Crippen LogP contribution is 2.27. The fourth-order valence-electron chi connectivity index (χ4n) is 2.72. The van der Waals surface area contributed by atoms with Crippen LogP contribution in [0.3, 0.4) is 0 Å². The summed E-state index contributed by atoms with van der Waals surface area (Å²) in [5.41, 5.74) is 0.943. The maximum Gasteiger partial charge on any atom is 0.310 e. The van der Waals surface area contributed by atoms with E-state index in [9.17, 15) is 10.1 Å². The Morgan fingerprint density at radius 1 is 1.18 bits per heavy atom. The van der Waals surface area contributed by atoms with Crippen LogP contribution in [-0.4, -0.2) is 44.4 Å². The summed E-state index contributed by atoms with van der Waals surface area (Å²) in [6, 6.07) is 4.88. The maximum absolute atomic E-state index is 10.9.